The van der Waals surface area contributed by atoms with Crippen LogP contribution in [0.3, 0.4) is 0 Å². The van der Waals surface area contributed by atoms with Gasteiger partial charge in [-0.2, -0.15) is 15.8 Å². The average molecular weight is 403 g/mol. The number of fused-ring (bicyclic) bond motifs is 2. The third kappa shape index (κ3) is 2.15. The van der Waals surface area contributed by atoms with Crippen molar-refractivity contribution in [2.75, 3.05) is 0 Å². The molecule has 0 saturated carbocycles. The molecule has 1 N–H and O–H groups in total. The summed E-state index contributed by atoms with van der Waals surface area (Å²) in [6.07, 6.45) is -1.11. The van der Waals surface area contributed by atoms with Crippen molar-refractivity contribution in [1.29, 1.82) is 21.2 Å². The second-order valence-corrected chi connectivity index (χ2v) is 7.63. The van der Waals surface area contributed by atoms with Gasteiger partial charge in [-0.3, -0.25) is 5.41 Å². The number of ether oxygens (including phenoxy) is 2. The van der Waals surface area contributed by atoms with Gasteiger partial charge in [-0.25, -0.2) is 0 Å². The van der Waals surface area contributed by atoms with E-state index >= 15 is 0 Å². The Morgan fingerprint density at radius 1 is 1.00 bits per heavy atom. The molecular weight excluding hydrogens is 388 g/mol. The van der Waals surface area contributed by atoms with Gasteiger partial charge < -0.3 is 9.47 Å². The molecule has 4 unspecified atom stereocenters. The van der Waals surface area contributed by atoms with Crippen LogP contribution in [0.4, 0.5) is 0 Å². The number of rotatable bonds is 2. The van der Waals surface area contributed by atoms with Gasteiger partial charge in [0, 0.05) is 10.6 Å². The van der Waals surface area contributed by atoms with Gasteiger partial charge in [0.05, 0.1) is 24.1 Å². The zero-order valence-electron chi connectivity index (χ0n) is 15.4. The molecule has 0 spiro atoms. The minimum absolute atomic E-state index is 0.436. The standard InChI is InChI=1S/C22H15ClN4O2/c1-14-21(13-26)19(27)29-22(14,16-8-5-9-17(23)10-16)28-18(20(21,11-24)12-25)15-6-3-2-4-7-15/h2-10,14,18,27H,1H3. The van der Waals surface area contributed by atoms with E-state index in [-0.39, 0.29) is 0 Å². The van der Waals surface area contributed by atoms with Gasteiger partial charge in [0.15, 0.2) is 5.41 Å². The highest BCUT2D eigenvalue weighted by Gasteiger charge is 2.79. The Bertz CT molecular complexity index is 1120. The highest BCUT2D eigenvalue weighted by Crippen LogP contribution is 2.68. The first kappa shape index (κ1) is 19.0. The van der Waals surface area contributed by atoms with E-state index < -0.39 is 34.5 Å². The number of hydrogen-bond acceptors (Lipinski definition) is 6. The number of nitrogens with zero attached hydrogens (tertiary/aromatic N) is 3. The molecule has 2 aliphatic heterocycles. The number of nitrogens with one attached hydrogen (secondary N) is 1. The van der Waals surface area contributed by atoms with Crippen LogP contribution in [0, 0.1) is 56.2 Å². The largest absolute Gasteiger partial charge is 0.443 e. The Kier molecular flexibility index (Phi) is 4.14. The first-order chi connectivity index (χ1) is 13.9. The maximum Gasteiger partial charge on any atom is 0.244 e. The molecule has 2 saturated heterocycles. The summed E-state index contributed by atoms with van der Waals surface area (Å²) in [5, 5.41) is 39.5. The topological polar surface area (TPSA) is 114 Å². The normalized spacial score (nSPS) is 31.8. The Labute approximate surface area is 173 Å². The molecule has 2 aliphatic rings. The van der Waals surface area contributed by atoms with E-state index in [2.05, 4.69) is 6.07 Å². The molecule has 6 nitrogen and oxygen atoms in total. The molecule has 7 heteroatoms. The van der Waals surface area contributed by atoms with Crippen LogP contribution in [-0.4, -0.2) is 5.90 Å². The van der Waals surface area contributed by atoms with Crippen LogP contribution in [0.1, 0.15) is 24.2 Å². The Morgan fingerprint density at radius 3 is 2.28 bits per heavy atom. The highest BCUT2D eigenvalue weighted by atomic mass is 35.5. The predicted molar refractivity (Wildman–Crippen MR) is 103 cm³/mol. The van der Waals surface area contributed by atoms with Crippen LogP contribution in [-0.2, 0) is 15.3 Å². The fraction of sp³-hybridized carbons (Fsp3) is 0.273. The van der Waals surface area contributed by atoms with Crippen LogP contribution in [0.15, 0.2) is 54.6 Å². The zero-order valence-corrected chi connectivity index (χ0v) is 16.1. The maximum absolute atomic E-state index is 10.2. The average Bonchev–Trinajstić information content (AvgIpc) is 2.91. The van der Waals surface area contributed by atoms with Gasteiger partial charge in [-0.15, -0.1) is 0 Å². The number of nitriles is 3. The van der Waals surface area contributed by atoms with Gasteiger partial charge in [0.2, 0.25) is 17.1 Å². The second kappa shape index (κ2) is 6.33. The minimum Gasteiger partial charge on any atom is -0.443 e. The SMILES string of the molecule is CC1C2(c3cccc(Cl)c3)OC(=N)C1(C#N)C(C#N)(C#N)C(c1ccccc1)O2. The van der Waals surface area contributed by atoms with E-state index in [1.807, 2.05) is 12.1 Å². The summed E-state index contributed by atoms with van der Waals surface area (Å²) in [7, 11) is 0. The molecule has 4 rings (SSSR count). The summed E-state index contributed by atoms with van der Waals surface area (Å²) < 4.78 is 12.3. The monoisotopic (exact) mass is 402 g/mol. The number of halogens is 1. The molecule has 2 aromatic rings. The predicted octanol–water partition coefficient (Wildman–Crippen LogP) is 4.45. The summed E-state index contributed by atoms with van der Waals surface area (Å²) in [5.41, 5.74) is -2.73. The van der Waals surface area contributed by atoms with Crippen LogP contribution in [0.5, 0.6) is 0 Å². The lowest BCUT2D eigenvalue weighted by Gasteiger charge is -2.48. The summed E-state index contributed by atoms with van der Waals surface area (Å²) in [6.45, 7) is 1.66. The number of hydrogen-bond donors (Lipinski definition) is 1. The highest BCUT2D eigenvalue weighted by molar-refractivity contribution is 6.30. The van der Waals surface area contributed by atoms with Crippen LogP contribution in [0.25, 0.3) is 0 Å². The fourth-order valence-electron chi connectivity index (χ4n) is 4.50. The minimum atomic E-state index is -1.97. The molecule has 0 amide bonds. The second-order valence-electron chi connectivity index (χ2n) is 7.19. The van der Waals surface area contributed by atoms with Crippen molar-refractivity contribution < 1.29 is 9.47 Å². The van der Waals surface area contributed by atoms with Gasteiger partial charge in [-0.1, -0.05) is 61.0 Å². The van der Waals surface area contributed by atoms with Gasteiger partial charge in [0.25, 0.3) is 0 Å². The summed E-state index contributed by atoms with van der Waals surface area (Å²) in [5.74, 6) is -2.80. The molecule has 2 bridgehead atoms. The maximum atomic E-state index is 10.2. The Morgan fingerprint density at radius 2 is 1.69 bits per heavy atom. The first-order valence-corrected chi connectivity index (χ1v) is 9.30. The summed E-state index contributed by atoms with van der Waals surface area (Å²) >= 11 is 6.18. The number of benzene rings is 2. The van der Waals surface area contributed by atoms with Crippen molar-refractivity contribution in [1.82, 2.24) is 0 Å². The fourth-order valence-corrected chi connectivity index (χ4v) is 4.69. The molecule has 2 aromatic carbocycles. The molecule has 4 atom stereocenters. The van der Waals surface area contributed by atoms with Crippen molar-refractivity contribution in [2.24, 2.45) is 16.7 Å². The Balaban J connectivity index is 2.06. The quantitative estimate of drug-likeness (QED) is 0.796. The van der Waals surface area contributed by atoms with E-state index in [1.165, 1.54) is 0 Å². The molecular formula is C22H15ClN4O2. The van der Waals surface area contributed by atoms with Crippen molar-refractivity contribution in [2.45, 2.75) is 18.8 Å². The third-order valence-corrected chi connectivity index (χ3v) is 6.23. The molecule has 29 heavy (non-hydrogen) atoms. The van der Waals surface area contributed by atoms with E-state index in [0.29, 0.717) is 16.1 Å². The molecule has 2 fully saturated rings. The van der Waals surface area contributed by atoms with Gasteiger partial charge in [0.1, 0.15) is 6.10 Å². The zero-order chi connectivity index (χ0) is 20.9. The third-order valence-electron chi connectivity index (χ3n) is 6.00. The van der Waals surface area contributed by atoms with Crippen molar-refractivity contribution in [3.63, 3.8) is 0 Å². The van der Waals surface area contributed by atoms with Crippen molar-refractivity contribution >= 4 is 17.5 Å². The first-order valence-electron chi connectivity index (χ1n) is 8.92. The molecule has 142 valence electrons. The Hall–Kier alpha value is -3.37. The van der Waals surface area contributed by atoms with Gasteiger partial charge in [-0.05, 0) is 17.7 Å². The van der Waals surface area contributed by atoms with E-state index in [9.17, 15) is 15.8 Å². The van der Waals surface area contributed by atoms with Crippen molar-refractivity contribution in [3.8, 4) is 18.2 Å². The smallest absolute Gasteiger partial charge is 0.244 e. The molecule has 0 aliphatic carbocycles. The molecule has 2 heterocycles. The van der Waals surface area contributed by atoms with E-state index in [1.54, 1.807) is 61.5 Å². The lowest BCUT2D eigenvalue weighted by molar-refractivity contribution is -0.288. The van der Waals surface area contributed by atoms with Gasteiger partial charge >= 0.3 is 0 Å². The van der Waals surface area contributed by atoms with Crippen molar-refractivity contribution in [3.05, 3.63) is 70.7 Å². The summed E-state index contributed by atoms with van der Waals surface area (Å²) in [4.78, 5) is 0. The lowest BCUT2D eigenvalue weighted by Crippen LogP contribution is -2.57. The molecule has 0 aromatic heterocycles. The summed E-state index contributed by atoms with van der Waals surface area (Å²) in [6, 6.07) is 21.7. The van der Waals surface area contributed by atoms with E-state index in [4.69, 9.17) is 26.5 Å². The van der Waals surface area contributed by atoms with Crippen LogP contribution >= 0.6 is 11.6 Å². The van der Waals surface area contributed by atoms with E-state index in [0.717, 1.165) is 0 Å². The lowest BCUT2D eigenvalue weighted by atomic mass is 9.53. The van der Waals surface area contributed by atoms with Crippen LogP contribution < -0.4 is 0 Å². The molecule has 0 radical (unpaired) electrons. The van der Waals surface area contributed by atoms with Crippen LogP contribution in [0.2, 0.25) is 5.02 Å².